The van der Waals surface area contributed by atoms with Gasteiger partial charge in [0.25, 0.3) is 0 Å². The quantitative estimate of drug-likeness (QED) is 0.840. The summed E-state index contributed by atoms with van der Waals surface area (Å²) >= 11 is 1.70. The lowest BCUT2D eigenvalue weighted by Gasteiger charge is -2.16. The average molecular weight is 248 g/mol. The first-order valence-corrected chi connectivity index (χ1v) is 6.10. The van der Waals surface area contributed by atoms with E-state index in [9.17, 15) is 0 Å². The average Bonchev–Trinajstić information content (AvgIpc) is 2.78. The second kappa shape index (κ2) is 3.43. The normalized spacial score (nSPS) is 16.6. The maximum absolute atomic E-state index is 5.94. The standard InChI is InChI=1S/C12H12N2O2S/c1-12(2)15-10-7(4-3-5-9(10)17-12)8-6-14-16-11(8)13/h3-6H,13H2,1-2H3. The van der Waals surface area contributed by atoms with Gasteiger partial charge in [0.15, 0.2) is 4.93 Å². The van der Waals surface area contributed by atoms with Gasteiger partial charge in [-0.1, -0.05) is 29.1 Å². The number of benzene rings is 1. The molecule has 0 amide bonds. The fourth-order valence-corrected chi connectivity index (χ4v) is 2.94. The number of thioether (sulfide) groups is 1. The number of para-hydroxylation sites is 1. The molecule has 1 aromatic carbocycles. The van der Waals surface area contributed by atoms with Crippen LogP contribution in [-0.2, 0) is 0 Å². The molecule has 0 spiro atoms. The third kappa shape index (κ3) is 1.67. The van der Waals surface area contributed by atoms with Gasteiger partial charge in [0.2, 0.25) is 5.88 Å². The minimum absolute atomic E-state index is 0.246. The Morgan fingerprint density at radius 3 is 2.82 bits per heavy atom. The Labute approximate surface area is 103 Å². The van der Waals surface area contributed by atoms with Crippen molar-refractivity contribution in [3.05, 3.63) is 24.4 Å². The van der Waals surface area contributed by atoms with E-state index in [-0.39, 0.29) is 4.93 Å². The fraction of sp³-hybridized carbons (Fsp3) is 0.250. The molecule has 0 radical (unpaired) electrons. The predicted molar refractivity (Wildman–Crippen MR) is 66.9 cm³/mol. The van der Waals surface area contributed by atoms with Gasteiger partial charge in [-0.15, -0.1) is 0 Å². The first-order valence-electron chi connectivity index (χ1n) is 5.28. The van der Waals surface area contributed by atoms with E-state index in [1.807, 2.05) is 32.0 Å². The summed E-state index contributed by atoms with van der Waals surface area (Å²) < 4.78 is 10.8. The molecule has 0 bridgehead atoms. The molecule has 0 aliphatic carbocycles. The number of nitrogens with two attached hydrogens (primary N) is 1. The van der Waals surface area contributed by atoms with Crippen LogP contribution in [0.3, 0.4) is 0 Å². The minimum Gasteiger partial charge on any atom is -0.475 e. The van der Waals surface area contributed by atoms with Gasteiger partial charge in [0.05, 0.1) is 16.7 Å². The molecule has 0 atom stereocenters. The van der Waals surface area contributed by atoms with Gasteiger partial charge in [-0.3, -0.25) is 0 Å². The molecule has 0 saturated carbocycles. The van der Waals surface area contributed by atoms with Gasteiger partial charge >= 0.3 is 0 Å². The molecule has 2 aromatic rings. The summed E-state index contributed by atoms with van der Waals surface area (Å²) in [6, 6.07) is 5.99. The predicted octanol–water partition coefficient (Wildman–Crippen LogP) is 3.14. The highest BCUT2D eigenvalue weighted by Gasteiger charge is 2.33. The molecule has 0 unspecified atom stereocenters. The maximum atomic E-state index is 5.94. The van der Waals surface area contributed by atoms with Crippen molar-refractivity contribution in [2.45, 2.75) is 23.7 Å². The van der Waals surface area contributed by atoms with Gasteiger partial charge in [-0.25, -0.2) is 0 Å². The van der Waals surface area contributed by atoms with Crippen molar-refractivity contribution < 1.29 is 9.26 Å². The minimum atomic E-state index is -0.246. The zero-order chi connectivity index (χ0) is 12.0. The first kappa shape index (κ1) is 10.5. The Bertz CT molecular complexity index is 578. The number of anilines is 1. The molecular formula is C12H12N2O2S. The van der Waals surface area contributed by atoms with E-state index in [1.165, 1.54) is 0 Å². The van der Waals surface area contributed by atoms with Crippen molar-refractivity contribution in [2.24, 2.45) is 0 Å². The van der Waals surface area contributed by atoms with E-state index < -0.39 is 0 Å². The summed E-state index contributed by atoms with van der Waals surface area (Å²) in [7, 11) is 0. The summed E-state index contributed by atoms with van der Waals surface area (Å²) in [4.78, 5) is 0.873. The Balaban J connectivity index is 2.16. The Hall–Kier alpha value is -1.62. The lowest BCUT2D eigenvalue weighted by molar-refractivity contribution is 0.216. The van der Waals surface area contributed by atoms with Gasteiger partial charge in [0, 0.05) is 5.56 Å². The number of aromatic nitrogens is 1. The van der Waals surface area contributed by atoms with Crippen LogP contribution in [0.5, 0.6) is 5.75 Å². The first-order chi connectivity index (χ1) is 8.07. The second-order valence-electron chi connectivity index (χ2n) is 4.34. The third-order valence-electron chi connectivity index (χ3n) is 2.57. The van der Waals surface area contributed by atoms with E-state index in [4.69, 9.17) is 15.0 Å². The van der Waals surface area contributed by atoms with Gasteiger partial charge in [-0.05, 0) is 19.9 Å². The zero-order valence-electron chi connectivity index (χ0n) is 9.56. The van der Waals surface area contributed by atoms with Crippen LogP contribution in [0, 0.1) is 0 Å². The van der Waals surface area contributed by atoms with Crippen molar-refractivity contribution in [3.63, 3.8) is 0 Å². The van der Waals surface area contributed by atoms with Crippen molar-refractivity contribution in [1.29, 1.82) is 0 Å². The van der Waals surface area contributed by atoms with Gasteiger partial charge in [-0.2, -0.15) is 0 Å². The Kier molecular flexibility index (Phi) is 2.13. The zero-order valence-corrected chi connectivity index (χ0v) is 10.4. The van der Waals surface area contributed by atoms with Crippen molar-refractivity contribution in [2.75, 3.05) is 5.73 Å². The molecule has 4 nitrogen and oxygen atoms in total. The fourth-order valence-electron chi connectivity index (χ4n) is 1.90. The molecule has 88 valence electrons. The number of hydrogen-bond donors (Lipinski definition) is 1. The van der Waals surface area contributed by atoms with Gasteiger partial charge in [0.1, 0.15) is 5.75 Å². The van der Waals surface area contributed by atoms with Crippen LogP contribution in [0.1, 0.15) is 13.8 Å². The monoisotopic (exact) mass is 248 g/mol. The van der Waals surface area contributed by atoms with Crippen LogP contribution in [0.25, 0.3) is 11.1 Å². The third-order valence-corrected chi connectivity index (χ3v) is 3.69. The van der Waals surface area contributed by atoms with E-state index >= 15 is 0 Å². The number of fused-ring (bicyclic) bond motifs is 1. The number of ether oxygens (including phenoxy) is 1. The van der Waals surface area contributed by atoms with E-state index in [2.05, 4.69) is 5.16 Å². The summed E-state index contributed by atoms with van der Waals surface area (Å²) in [6.07, 6.45) is 1.62. The summed E-state index contributed by atoms with van der Waals surface area (Å²) in [5, 5.41) is 3.70. The molecule has 5 heteroatoms. The smallest absolute Gasteiger partial charge is 0.230 e. The molecule has 3 rings (SSSR count). The lowest BCUT2D eigenvalue weighted by atomic mass is 10.1. The van der Waals surface area contributed by atoms with E-state index in [0.717, 1.165) is 21.8 Å². The van der Waals surface area contributed by atoms with Gasteiger partial charge < -0.3 is 15.0 Å². The number of rotatable bonds is 1. The Morgan fingerprint density at radius 1 is 1.29 bits per heavy atom. The molecule has 2 heterocycles. The van der Waals surface area contributed by atoms with Crippen molar-refractivity contribution in [1.82, 2.24) is 5.16 Å². The molecule has 17 heavy (non-hydrogen) atoms. The lowest BCUT2D eigenvalue weighted by Crippen LogP contribution is -2.18. The molecular weight excluding hydrogens is 236 g/mol. The van der Waals surface area contributed by atoms with Crippen LogP contribution >= 0.6 is 11.8 Å². The SMILES string of the molecule is CC1(C)Oc2c(cccc2-c2cnoc2N)S1. The molecule has 1 aliphatic heterocycles. The number of nitrogens with zero attached hydrogens (tertiary/aromatic N) is 1. The molecule has 2 N–H and O–H groups in total. The highest BCUT2D eigenvalue weighted by molar-refractivity contribution is 8.00. The number of nitrogen functional groups attached to an aromatic ring is 1. The Morgan fingerprint density at radius 2 is 2.12 bits per heavy atom. The summed E-state index contributed by atoms with van der Waals surface area (Å²) in [6.45, 7) is 4.08. The summed E-state index contributed by atoms with van der Waals surface area (Å²) in [5.74, 6) is 1.18. The van der Waals surface area contributed by atoms with E-state index in [0.29, 0.717) is 5.88 Å². The molecule has 1 aromatic heterocycles. The van der Waals surface area contributed by atoms with Crippen LogP contribution in [-0.4, -0.2) is 10.1 Å². The van der Waals surface area contributed by atoms with Crippen LogP contribution in [0.2, 0.25) is 0 Å². The molecule has 0 saturated heterocycles. The maximum Gasteiger partial charge on any atom is 0.230 e. The number of hydrogen-bond acceptors (Lipinski definition) is 5. The molecule has 0 fully saturated rings. The largest absolute Gasteiger partial charge is 0.475 e. The second-order valence-corrected chi connectivity index (χ2v) is 5.97. The highest BCUT2D eigenvalue weighted by atomic mass is 32.2. The summed E-state index contributed by atoms with van der Waals surface area (Å²) in [5.41, 5.74) is 7.45. The van der Waals surface area contributed by atoms with Crippen LogP contribution in [0.4, 0.5) is 5.88 Å². The van der Waals surface area contributed by atoms with Crippen LogP contribution in [0.15, 0.2) is 33.8 Å². The van der Waals surface area contributed by atoms with E-state index in [1.54, 1.807) is 18.0 Å². The molecule has 1 aliphatic rings. The topological polar surface area (TPSA) is 61.3 Å². The van der Waals surface area contributed by atoms with Crippen molar-refractivity contribution in [3.8, 4) is 16.9 Å². The van der Waals surface area contributed by atoms with Crippen LogP contribution < -0.4 is 10.5 Å². The van der Waals surface area contributed by atoms with Crippen molar-refractivity contribution >= 4 is 17.6 Å². The highest BCUT2D eigenvalue weighted by Crippen LogP contribution is 2.51.